The number of nitrogens with one attached hydrogen (secondary N) is 1. The van der Waals surface area contributed by atoms with Crippen molar-refractivity contribution >= 4 is 17.5 Å². The lowest BCUT2D eigenvalue weighted by Crippen LogP contribution is -2.29. The van der Waals surface area contributed by atoms with Crippen molar-refractivity contribution in [1.82, 2.24) is 20.1 Å². The van der Waals surface area contributed by atoms with Crippen LogP contribution in [-0.4, -0.2) is 38.9 Å². The highest BCUT2D eigenvalue weighted by Crippen LogP contribution is 2.27. The number of aliphatic hydroxyl groups is 1. The number of carbonyl (C=O) groups is 1. The average molecular weight is 351 g/mol. The van der Waals surface area contributed by atoms with E-state index in [1.165, 1.54) is 0 Å². The van der Waals surface area contributed by atoms with Crippen LogP contribution >= 0.6 is 11.6 Å². The van der Waals surface area contributed by atoms with Crippen molar-refractivity contribution < 1.29 is 9.90 Å². The van der Waals surface area contributed by atoms with E-state index in [-0.39, 0.29) is 23.8 Å². The van der Waals surface area contributed by atoms with Crippen molar-refractivity contribution in [3.8, 4) is 5.82 Å². The number of aliphatic hydroxyl groups excluding tert-OH is 1. The van der Waals surface area contributed by atoms with Crippen molar-refractivity contribution in [1.29, 1.82) is 0 Å². The molecular formula is C17H23ClN4O2. The lowest BCUT2D eigenvalue weighted by atomic mass is 9.92. The summed E-state index contributed by atoms with van der Waals surface area (Å²) in [4.78, 5) is 16.6. The molecule has 2 aromatic heterocycles. The molecule has 1 amide bonds. The zero-order valence-electron chi connectivity index (χ0n) is 14.4. The number of nitrogens with zero attached hydrogens (tertiary/aromatic N) is 3. The van der Waals surface area contributed by atoms with E-state index in [2.05, 4.69) is 15.4 Å². The zero-order valence-corrected chi connectivity index (χ0v) is 15.1. The monoisotopic (exact) mass is 350 g/mol. The van der Waals surface area contributed by atoms with Gasteiger partial charge in [0.05, 0.1) is 10.7 Å². The largest absolute Gasteiger partial charge is 0.396 e. The van der Waals surface area contributed by atoms with Crippen LogP contribution in [0.1, 0.15) is 43.9 Å². The average Bonchev–Trinajstić information content (AvgIpc) is 2.98. The summed E-state index contributed by atoms with van der Waals surface area (Å²) in [5.74, 6) is 0.196. The van der Waals surface area contributed by atoms with Gasteiger partial charge in [-0.2, -0.15) is 5.10 Å². The smallest absolute Gasteiger partial charge is 0.271 e. The third-order valence-electron chi connectivity index (χ3n) is 3.57. The normalized spacial score (nSPS) is 12.9. The Morgan fingerprint density at radius 2 is 2.17 bits per heavy atom. The van der Waals surface area contributed by atoms with Crippen molar-refractivity contribution in [2.24, 2.45) is 5.92 Å². The molecule has 2 heterocycles. The number of halogens is 1. The third-order valence-corrected chi connectivity index (χ3v) is 3.87. The van der Waals surface area contributed by atoms with Gasteiger partial charge in [-0.05, 0) is 24.1 Å². The van der Waals surface area contributed by atoms with Crippen LogP contribution in [0.4, 0.5) is 0 Å². The van der Waals surface area contributed by atoms with Gasteiger partial charge in [-0.25, -0.2) is 9.67 Å². The van der Waals surface area contributed by atoms with E-state index in [4.69, 9.17) is 16.7 Å². The second kappa shape index (κ2) is 7.32. The van der Waals surface area contributed by atoms with Gasteiger partial charge in [0.25, 0.3) is 5.91 Å². The maximum absolute atomic E-state index is 12.4. The van der Waals surface area contributed by atoms with Gasteiger partial charge in [-0.15, -0.1) is 0 Å². The first kappa shape index (κ1) is 18.4. The number of pyridine rings is 1. The summed E-state index contributed by atoms with van der Waals surface area (Å²) in [5.41, 5.74) is 0.889. The van der Waals surface area contributed by atoms with Crippen LogP contribution in [0.25, 0.3) is 5.82 Å². The van der Waals surface area contributed by atoms with E-state index in [1.807, 2.05) is 27.7 Å². The Morgan fingerprint density at radius 1 is 1.46 bits per heavy atom. The van der Waals surface area contributed by atoms with Gasteiger partial charge in [0.2, 0.25) is 0 Å². The van der Waals surface area contributed by atoms with Gasteiger partial charge in [0.15, 0.2) is 11.5 Å². The number of hydrogen-bond acceptors (Lipinski definition) is 4. The van der Waals surface area contributed by atoms with Crippen molar-refractivity contribution in [3.05, 3.63) is 40.8 Å². The van der Waals surface area contributed by atoms with E-state index >= 15 is 0 Å². The van der Waals surface area contributed by atoms with Crippen LogP contribution in [0, 0.1) is 5.92 Å². The summed E-state index contributed by atoms with van der Waals surface area (Å²) in [6.07, 6.45) is 1.64. The predicted octanol–water partition coefficient (Wildman–Crippen LogP) is 2.58. The van der Waals surface area contributed by atoms with Gasteiger partial charge in [0, 0.05) is 24.8 Å². The van der Waals surface area contributed by atoms with E-state index < -0.39 is 0 Å². The van der Waals surface area contributed by atoms with Gasteiger partial charge >= 0.3 is 0 Å². The fourth-order valence-electron chi connectivity index (χ4n) is 2.14. The molecule has 0 saturated heterocycles. The Labute approximate surface area is 146 Å². The first-order valence-corrected chi connectivity index (χ1v) is 8.22. The topological polar surface area (TPSA) is 80.0 Å². The second-order valence-corrected chi connectivity index (χ2v) is 7.29. The molecule has 0 aliphatic rings. The fourth-order valence-corrected chi connectivity index (χ4v) is 2.34. The molecule has 2 N–H and O–H groups in total. The SMILES string of the molecule is CC(CO)CNC(=O)c1cc(C(C)(C)C)n(-c2ncccc2Cl)n1. The highest BCUT2D eigenvalue weighted by atomic mass is 35.5. The predicted molar refractivity (Wildman–Crippen MR) is 93.7 cm³/mol. The highest BCUT2D eigenvalue weighted by molar-refractivity contribution is 6.32. The molecule has 2 aromatic rings. The summed E-state index contributed by atoms with van der Waals surface area (Å²) in [6.45, 7) is 8.36. The van der Waals surface area contributed by atoms with Crippen LogP contribution in [0.3, 0.4) is 0 Å². The summed E-state index contributed by atoms with van der Waals surface area (Å²) in [7, 11) is 0. The maximum Gasteiger partial charge on any atom is 0.271 e. The summed E-state index contributed by atoms with van der Waals surface area (Å²) >= 11 is 6.24. The minimum absolute atomic E-state index is 0.0108. The first-order chi connectivity index (χ1) is 11.2. The molecule has 6 nitrogen and oxygen atoms in total. The molecule has 0 spiro atoms. The first-order valence-electron chi connectivity index (χ1n) is 7.84. The Balaban J connectivity index is 2.40. The number of carbonyl (C=O) groups excluding carboxylic acids is 1. The maximum atomic E-state index is 12.4. The number of rotatable bonds is 5. The molecule has 0 radical (unpaired) electrons. The van der Waals surface area contributed by atoms with Crippen molar-refractivity contribution in [2.45, 2.75) is 33.1 Å². The molecule has 24 heavy (non-hydrogen) atoms. The Bertz CT molecular complexity index is 722. The lowest BCUT2D eigenvalue weighted by Gasteiger charge is -2.19. The molecule has 0 fully saturated rings. The number of aromatic nitrogens is 3. The molecule has 0 aliphatic carbocycles. The van der Waals surface area contributed by atoms with Crippen LogP contribution in [0.2, 0.25) is 5.02 Å². The van der Waals surface area contributed by atoms with Crippen molar-refractivity contribution in [3.63, 3.8) is 0 Å². The Morgan fingerprint density at radius 3 is 2.75 bits per heavy atom. The summed E-state index contributed by atoms with van der Waals surface area (Å²) in [6, 6.07) is 5.24. The molecule has 0 aliphatic heterocycles. The van der Waals surface area contributed by atoms with Crippen LogP contribution < -0.4 is 5.32 Å². The molecule has 2 rings (SSSR count). The van der Waals surface area contributed by atoms with Gasteiger partial charge < -0.3 is 10.4 Å². The van der Waals surface area contributed by atoms with Gasteiger partial charge in [0.1, 0.15) is 0 Å². The fraction of sp³-hybridized carbons (Fsp3) is 0.471. The molecule has 1 atom stereocenters. The van der Waals surface area contributed by atoms with Crippen LogP contribution in [0.5, 0.6) is 0 Å². The third kappa shape index (κ3) is 4.13. The second-order valence-electron chi connectivity index (χ2n) is 6.88. The van der Waals surface area contributed by atoms with Crippen LogP contribution in [0.15, 0.2) is 24.4 Å². The molecule has 7 heteroatoms. The molecule has 0 saturated carbocycles. The van der Waals surface area contributed by atoms with E-state index in [1.54, 1.807) is 29.1 Å². The van der Waals surface area contributed by atoms with Gasteiger partial charge in [-0.1, -0.05) is 39.3 Å². The Kier molecular flexibility index (Phi) is 5.62. The molecule has 1 unspecified atom stereocenters. The van der Waals surface area contributed by atoms with Crippen molar-refractivity contribution in [2.75, 3.05) is 13.2 Å². The summed E-state index contributed by atoms with van der Waals surface area (Å²) in [5, 5.41) is 16.7. The standard InChI is InChI=1S/C17H23ClN4O2/c1-11(10-23)9-20-16(24)13-8-14(17(2,3)4)22(21-13)15-12(18)6-5-7-19-15/h5-8,11,23H,9-10H2,1-4H3,(H,20,24). The Hall–Kier alpha value is -1.92. The minimum atomic E-state index is -0.286. The molecule has 0 aromatic carbocycles. The highest BCUT2D eigenvalue weighted by Gasteiger charge is 2.25. The molecular weight excluding hydrogens is 328 g/mol. The van der Waals surface area contributed by atoms with Crippen LogP contribution in [-0.2, 0) is 5.41 Å². The van der Waals surface area contributed by atoms with E-state index in [9.17, 15) is 4.79 Å². The lowest BCUT2D eigenvalue weighted by molar-refractivity contribution is 0.0937. The minimum Gasteiger partial charge on any atom is -0.396 e. The number of amides is 1. The van der Waals surface area contributed by atoms with E-state index in [0.29, 0.717) is 23.1 Å². The number of hydrogen-bond donors (Lipinski definition) is 2. The summed E-state index contributed by atoms with van der Waals surface area (Å²) < 4.78 is 1.62. The molecule has 0 bridgehead atoms. The zero-order chi connectivity index (χ0) is 17.9. The van der Waals surface area contributed by atoms with Gasteiger partial charge in [-0.3, -0.25) is 4.79 Å². The quantitative estimate of drug-likeness (QED) is 0.868. The van der Waals surface area contributed by atoms with E-state index in [0.717, 1.165) is 5.69 Å². The molecule has 130 valence electrons.